The second kappa shape index (κ2) is 6.08. The molecule has 1 atom stereocenters. The van der Waals surface area contributed by atoms with Crippen molar-refractivity contribution in [2.75, 3.05) is 19.0 Å². The Morgan fingerprint density at radius 1 is 1.69 bits per heavy atom. The van der Waals surface area contributed by atoms with Crippen LogP contribution in [0.4, 0.5) is 5.69 Å². The number of halogens is 2. The molecule has 0 bridgehead atoms. The normalized spacial score (nSPS) is 12.0. The number of carbonyl (C=O) groups excluding carboxylic acids is 1. The van der Waals surface area contributed by atoms with Gasteiger partial charge in [0, 0.05) is 10.2 Å². The SMILES string of the molecule is COC(=O)C(CO)Nc1ccc(Cl)c(Br)c1. The van der Waals surface area contributed by atoms with Gasteiger partial charge in [0.2, 0.25) is 0 Å². The number of aliphatic hydroxyl groups excluding tert-OH is 1. The number of anilines is 1. The molecule has 88 valence electrons. The Balaban J connectivity index is 2.78. The maximum Gasteiger partial charge on any atom is 0.330 e. The summed E-state index contributed by atoms with van der Waals surface area (Å²) in [6.07, 6.45) is 0. The lowest BCUT2D eigenvalue weighted by Gasteiger charge is -2.15. The molecule has 0 aliphatic rings. The maximum atomic E-state index is 11.2. The first kappa shape index (κ1) is 13.3. The second-order valence-electron chi connectivity index (χ2n) is 3.03. The number of esters is 1. The van der Waals surface area contributed by atoms with Crippen molar-refractivity contribution in [2.45, 2.75) is 6.04 Å². The second-order valence-corrected chi connectivity index (χ2v) is 4.29. The molecule has 1 aromatic rings. The molecule has 6 heteroatoms. The number of carbonyl (C=O) groups is 1. The molecule has 16 heavy (non-hydrogen) atoms. The Kier molecular flexibility index (Phi) is 5.05. The van der Waals surface area contributed by atoms with Crippen LogP contribution in [0.25, 0.3) is 0 Å². The molecule has 0 heterocycles. The topological polar surface area (TPSA) is 58.6 Å². The van der Waals surface area contributed by atoms with E-state index in [2.05, 4.69) is 26.0 Å². The van der Waals surface area contributed by atoms with Crippen LogP contribution in [-0.4, -0.2) is 30.8 Å². The van der Waals surface area contributed by atoms with Crippen LogP contribution in [0.5, 0.6) is 0 Å². The van der Waals surface area contributed by atoms with Crippen molar-refractivity contribution in [1.29, 1.82) is 0 Å². The van der Waals surface area contributed by atoms with Gasteiger partial charge in [0.1, 0.15) is 6.04 Å². The molecule has 2 N–H and O–H groups in total. The largest absolute Gasteiger partial charge is 0.467 e. The zero-order valence-corrected chi connectivity index (χ0v) is 10.9. The molecule has 0 saturated heterocycles. The number of rotatable bonds is 4. The first-order chi connectivity index (χ1) is 7.58. The molecular formula is C10H11BrClNO3. The summed E-state index contributed by atoms with van der Waals surface area (Å²) in [5, 5.41) is 12.4. The number of aliphatic hydroxyl groups is 1. The molecule has 0 aliphatic carbocycles. The van der Waals surface area contributed by atoms with Crippen molar-refractivity contribution in [2.24, 2.45) is 0 Å². The zero-order valence-electron chi connectivity index (χ0n) is 8.54. The van der Waals surface area contributed by atoms with E-state index >= 15 is 0 Å². The monoisotopic (exact) mass is 307 g/mol. The molecular weight excluding hydrogens is 297 g/mol. The van der Waals surface area contributed by atoms with E-state index in [9.17, 15) is 4.79 Å². The summed E-state index contributed by atoms with van der Waals surface area (Å²) in [4.78, 5) is 11.2. The smallest absolute Gasteiger partial charge is 0.330 e. The molecule has 0 saturated carbocycles. The van der Waals surface area contributed by atoms with Crippen molar-refractivity contribution in [3.63, 3.8) is 0 Å². The summed E-state index contributed by atoms with van der Waals surface area (Å²) >= 11 is 9.09. The predicted molar refractivity (Wildman–Crippen MR) is 65.7 cm³/mol. The van der Waals surface area contributed by atoms with Crippen LogP contribution in [-0.2, 0) is 9.53 Å². The molecule has 0 spiro atoms. The lowest BCUT2D eigenvalue weighted by Crippen LogP contribution is -2.34. The Hall–Kier alpha value is -0.780. The quantitative estimate of drug-likeness (QED) is 0.836. The van der Waals surface area contributed by atoms with Crippen molar-refractivity contribution in [3.8, 4) is 0 Å². The first-order valence-corrected chi connectivity index (χ1v) is 5.66. The van der Waals surface area contributed by atoms with E-state index in [-0.39, 0.29) is 6.61 Å². The highest BCUT2D eigenvalue weighted by Gasteiger charge is 2.17. The number of benzene rings is 1. The Morgan fingerprint density at radius 3 is 2.88 bits per heavy atom. The highest BCUT2D eigenvalue weighted by atomic mass is 79.9. The molecule has 0 aliphatic heterocycles. The number of nitrogens with one attached hydrogen (secondary N) is 1. The minimum Gasteiger partial charge on any atom is -0.467 e. The molecule has 0 radical (unpaired) electrons. The van der Waals surface area contributed by atoms with Gasteiger partial charge in [0.15, 0.2) is 0 Å². The molecule has 1 aromatic carbocycles. The van der Waals surface area contributed by atoms with Gasteiger partial charge in [-0.1, -0.05) is 11.6 Å². The van der Waals surface area contributed by atoms with Crippen LogP contribution in [0.3, 0.4) is 0 Å². The van der Waals surface area contributed by atoms with Gasteiger partial charge in [-0.3, -0.25) is 0 Å². The summed E-state index contributed by atoms with van der Waals surface area (Å²) in [5.41, 5.74) is 0.667. The molecule has 0 aromatic heterocycles. The van der Waals surface area contributed by atoms with Crippen LogP contribution >= 0.6 is 27.5 Å². The van der Waals surface area contributed by atoms with Crippen LogP contribution in [0, 0.1) is 0 Å². The average Bonchev–Trinajstić information content (AvgIpc) is 2.29. The maximum absolute atomic E-state index is 11.2. The standard InChI is InChI=1S/C10H11BrClNO3/c1-16-10(15)9(5-14)13-6-2-3-8(12)7(11)4-6/h2-4,9,13-14H,5H2,1H3. The molecule has 1 rings (SSSR count). The fourth-order valence-corrected chi connectivity index (χ4v) is 1.60. The highest BCUT2D eigenvalue weighted by Crippen LogP contribution is 2.25. The minimum absolute atomic E-state index is 0.340. The van der Waals surface area contributed by atoms with E-state index in [0.29, 0.717) is 15.2 Å². The average molecular weight is 309 g/mol. The molecule has 0 fully saturated rings. The van der Waals surface area contributed by atoms with E-state index in [1.54, 1.807) is 18.2 Å². The van der Waals surface area contributed by atoms with Gasteiger partial charge < -0.3 is 15.2 Å². The van der Waals surface area contributed by atoms with Crippen molar-refractivity contribution in [3.05, 3.63) is 27.7 Å². The van der Waals surface area contributed by atoms with E-state index < -0.39 is 12.0 Å². The Morgan fingerprint density at radius 2 is 2.38 bits per heavy atom. The van der Waals surface area contributed by atoms with Crippen LogP contribution in [0.2, 0.25) is 5.02 Å². The number of methoxy groups -OCH3 is 1. The summed E-state index contributed by atoms with van der Waals surface area (Å²) in [7, 11) is 1.27. The summed E-state index contributed by atoms with van der Waals surface area (Å²) < 4.78 is 5.24. The van der Waals surface area contributed by atoms with Gasteiger partial charge in [-0.15, -0.1) is 0 Å². The lowest BCUT2D eigenvalue weighted by atomic mass is 10.2. The number of hydrogen-bond acceptors (Lipinski definition) is 4. The van der Waals surface area contributed by atoms with Gasteiger partial charge in [-0.05, 0) is 34.1 Å². The van der Waals surface area contributed by atoms with Crippen molar-refractivity contribution in [1.82, 2.24) is 0 Å². The summed E-state index contributed by atoms with van der Waals surface area (Å²) in [6, 6.07) is 4.32. The van der Waals surface area contributed by atoms with E-state index in [0.717, 1.165) is 0 Å². The van der Waals surface area contributed by atoms with E-state index in [1.165, 1.54) is 7.11 Å². The summed E-state index contributed by atoms with van der Waals surface area (Å²) in [5.74, 6) is -0.520. The molecule has 1 unspecified atom stereocenters. The third kappa shape index (κ3) is 3.37. The van der Waals surface area contributed by atoms with Gasteiger partial charge in [0.25, 0.3) is 0 Å². The minimum atomic E-state index is -0.780. The highest BCUT2D eigenvalue weighted by molar-refractivity contribution is 9.10. The van der Waals surface area contributed by atoms with Gasteiger partial charge in [-0.25, -0.2) is 4.79 Å². The van der Waals surface area contributed by atoms with Crippen LogP contribution in [0.1, 0.15) is 0 Å². The van der Waals surface area contributed by atoms with Gasteiger partial charge in [-0.2, -0.15) is 0 Å². The van der Waals surface area contributed by atoms with Crippen molar-refractivity contribution >= 4 is 39.2 Å². The Labute approximate surface area is 107 Å². The fraction of sp³-hybridized carbons (Fsp3) is 0.300. The van der Waals surface area contributed by atoms with Crippen molar-refractivity contribution < 1.29 is 14.6 Å². The molecule has 0 amide bonds. The predicted octanol–water partition coefficient (Wildman–Crippen LogP) is 2.05. The summed E-state index contributed by atoms with van der Waals surface area (Å²) in [6.45, 7) is -0.340. The Bertz CT molecular complexity index is 386. The lowest BCUT2D eigenvalue weighted by molar-refractivity contribution is -0.142. The third-order valence-corrected chi connectivity index (χ3v) is 3.14. The third-order valence-electron chi connectivity index (χ3n) is 1.93. The number of hydrogen-bond donors (Lipinski definition) is 2. The molecule has 4 nitrogen and oxygen atoms in total. The van der Waals surface area contributed by atoms with E-state index in [4.69, 9.17) is 16.7 Å². The first-order valence-electron chi connectivity index (χ1n) is 4.48. The fourth-order valence-electron chi connectivity index (χ4n) is 1.11. The van der Waals surface area contributed by atoms with Gasteiger partial charge in [0.05, 0.1) is 18.7 Å². The zero-order chi connectivity index (χ0) is 12.1. The number of ether oxygens (including phenoxy) is 1. The van der Waals surface area contributed by atoms with Crippen LogP contribution in [0.15, 0.2) is 22.7 Å². The van der Waals surface area contributed by atoms with E-state index in [1.807, 2.05) is 0 Å². The van der Waals surface area contributed by atoms with Gasteiger partial charge >= 0.3 is 5.97 Å². The van der Waals surface area contributed by atoms with Crippen LogP contribution < -0.4 is 5.32 Å².